The molecule has 0 spiro atoms. The predicted octanol–water partition coefficient (Wildman–Crippen LogP) is 6.28. The zero-order valence-electron chi connectivity index (χ0n) is 27.1. The molecule has 2 aromatic carbocycles. The van der Waals surface area contributed by atoms with Crippen LogP contribution in [0.3, 0.4) is 0 Å². The van der Waals surface area contributed by atoms with Crippen LogP contribution in [-0.4, -0.2) is 50.4 Å². The Balaban J connectivity index is 1.27. The molecule has 2 aliphatic heterocycles. The minimum absolute atomic E-state index is 0.0672. The van der Waals surface area contributed by atoms with Crippen LogP contribution in [0.2, 0.25) is 0 Å². The molecule has 6 rings (SSSR count). The van der Waals surface area contributed by atoms with Gasteiger partial charge in [0.05, 0.1) is 25.4 Å². The number of hydrogen-bond donors (Lipinski definition) is 1. The van der Waals surface area contributed by atoms with E-state index in [0.29, 0.717) is 30.9 Å². The van der Waals surface area contributed by atoms with Gasteiger partial charge < -0.3 is 18.9 Å². The lowest BCUT2D eigenvalue weighted by Crippen LogP contribution is -2.63. The normalized spacial score (nSPS) is 34.1. The average Bonchev–Trinajstić information content (AvgIpc) is 3.48. The Morgan fingerprint density at radius 1 is 1.04 bits per heavy atom. The second-order valence-corrected chi connectivity index (χ2v) is 14.0. The van der Waals surface area contributed by atoms with E-state index in [1.54, 1.807) is 0 Å². The van der Waals surface area contributed by atoms with Gasteiger partial charge in [0.25, 0.3) is 0 Å². The smallest absolute Gasteiger partial charge is 0.335 e. The van der Waals surface area contributed by atoms with Crippen molar-refractivity contribution in [1.82, 2.24) is 5.32 Å². The lowest BCUT2D eigenvalue weighted by Gasteiger charge is -2.64. The summed E-state index contributed by atoms with van der Waals surface area (Å²) in [4.78, 5) is 26.1. The van der Waals surface area contributed by atoms with Gasteiger partial charge in [-0.1, -0.05) is 86.7 Å². The lowest BCUT2D eigenvalue weighted by molar-refractivity contribution is -0.359. The van der Waals surface area contributed by atoms with Gasteiger partial charge in [-0.25, -0.2) is 4.79 Å². The number of methoxy groups -OCH3 is 1. The Kier molecular flexibility index (Phi) is 8.81. The molecule has 1 N–H and O–H groups in total. The number of hydrogen-bond acceptors (Lipinski definition) is 7. The molecule has 1 saturated heterocycles. The number of carbonyl (C=O) groups is 2. The van der Waals surface area contributed by atoms with Crippen molar-refractivity contribution in [2.24, 2.45) is 22.7 Å². The third kappa shape index (κ3) is 5.91. The summed E-state index contributed by atoms with van der Waals surface area (Å²) in [5, 5.41) is 3.57. The highest BCUT2D eigenvalue weighted by Crippen LogP contribution is 2.64. The zero-order valence-corrected chi connectivity index (χ0v) is 27.1. The number of nitrogens with one attached hydrogen (secondary N) is 1. The Bertz CT molecular complexity index is 1440. The van der Waals surface area contributed by atoms with Crippen LogP contribution < -0.4 is 5.32 Å². The summed E-state index contributed by atoms with van der Waals surface area (Å²) in [5.74, 6) is -0.996. The van der Waals surface area contributed by atoms with Gasteiger partial charge in [-0.2, -0.15) is 0 Å². The van der Waals surface area contributed by atoms with Crippen molar-refractivity contribution in [2.75, 3.05) is 20.3 Å². The number of rotatable bonds is 9. The highest BCUT2D eigenvalue weighted by atomic mass is 16.7. The summed E-state index contributed by atoms with van der Waals surface area (Å²) >= 11 is 0. The molecule has 5 unspecified atom stereocenters. The van der Waals surface area contributed by atoms with E-state index in [-0.39, 0.29) is 41.4 Å². The van der Waals surface area contributed by atoms with Crippen LogP contribution in [0.4, 0.5) is 0 Å². The quantitative estimate of drug-likeness (QED) is 0.263. The van der Waals surface area contributed by atoms with Crippen LogP contribution in [0.1, 0.15) is 64.0 Å². The second-order valence-electron chi connectivity index (χ2n) is 14.0. The van der Waals surface area contributed by atoms with Gasteiger partial charge in [0, 0.05) is 17.0 Å². The summed E-state index contributed by atoms with van der Waals surface area (Å²) in [6.45, 7) is 12.2. The Labute approximate surface area is 267 Å². The number of ether oxygens (including phenoxy) is 4. The number of allylic oxidation sites excluding steroid dienone is 1. The SMILES string of the molecule is C=C1CCC2[C@]3(C)COC(C)(c4ccccc4)OC3CC[C@]2(C)[C@H]1CC(NC(Cc1ccccc1)C(=O)OC)C1=CCOC1=O. The Morgan fingerprint density at radius 2 is 1.76 bits per heavy atom. The van der Waals surface area contributed by atoms with Gasteiger partial charge in [0.1, 0.15) is 12.6 Å². The van der Waals surface area contributed by atoms with E-state index < -0.39 is 17.9 Å². The summed E-state index contributed by atoms with van der Waals surface area (Å²) in [6, 6.07) is 19.1. The molecular formula is C38H47NO6. The predicted molar refractivity (Wildman–Crippen MR) is 172 cm³/mol. The number of cyclic esters (lactones) is 1. The Morgan fingerprint density at radius 3 is 2.42 bits per heavy atom. The van der Waals surface area contributed by atoms with E-state index in [1.165, 1.54) is 12.7 Å². The molecule has 2 aromatic rings. The van der Waals surface area contributed by atoms with Crippen molar-refractivity contribution in [3.8, 4) is 0 Å². The van der Waals surface area contributed by atoms with Crippen LogP contribution in [0.15, 0.2) is 84.5 Å². The monoisotopic (exact) mass is 613 g/mol. The first-order chi connectivity index (χ1) is 21.6. The maximum atomic E-state index is 13.1. The molecule has 3 fully saturated rings. The summed E-state index contributed by atoms with van der Waals surface area (Å²) in [6.07, 6.45) is 6.84. The van der Waals surface area contributed by atoms with Crippen LogP contribution in [-0.2, 0) is 40.7 Å². The van der Waals surface area contributed by atoms with Gasteiger partial charge in [-0.15, -0.1) is 0 Å². The molecule has 0 bridgehead atoms. The number of esters is 2. The summed E-state index contributed by atoms with van der Waals surface area (Å²) in [5.41, 5.74) is 3.59. The fourth-order valence-electron chi connectivity index (χ4n) is 8.91. The molecule has 2 saturated carbocycles. The second kappa shape index (κ2) is 12.5. The maximum Gasteiger partial charge on any atom is 0.335 e. The molecule has 240 valence electrons. The molecule has 4 aliphatic rings. The molecular weight excluding hydrogens is 566 g/mol. The van der Waals surface area contributed by atoms with Crippen molar-refractivity contribution in [2.45, 2.75) is 83.3 Å². The molecule has 2 aliphatic carbocycles. The molecule has 0 aromatic heterocycles. The first-order valence-electron chi connectivity index (χ1n) is 16.4. The van der Waals surface area contributed by atoms with Gasteiger partial charge in [0.15, 0.2) is 5.79 Å². The van der Waals surface area contributed by atoms with Crippen molar-refractivity contribution in [1.29, 1.82) is 0 Å². The number of carbonyl (C=O) groups excluding carboxylic acids is 2. The van der Waals surface area contributed by atoms with Crippen molar-refractivity contribution in [3.63, 3.8) is 0 Å². The first kappa shape index (κ1) is 31.7. The fraction of sp³-hybridized carbons (Fsp3) is 0.526. The van der Waals surface area contributed by atoms with Crippen molar-refractivity contribution < 1.29 is 28.5 Å². The third-order valence-corrected chi connectivity index (χ3v) is 11.4. The van der Waals surface area contributed by atoms with Crippen LogP contribution in [0.25, 0.3) is 0 Å². The molecule has 0 radical (unpaired) electrons. The van der Waals surface area contributed by atoms with Crippen LogP contribution >= 0.6 is 0 Å². The largest absolute Gasteiger partial charge is 0.468 e. The average molecular weight is 614 g/mol. The standard InChI is InChI=1S/C38H47NO6/c1-25-16-17-32-36(2,20-18-33-37(32,3)24-44-38(4,45-33)27-14-10-7-11-15-27)29(25)23-30(28-19-21-43-34(28)40)39-31(35(41)42-5)22-26-12-8-6-9-13-26/h6-15,19,29-33,39H,1,16-18,20-24H2,2-5H3/t29-,30?,31?,32?,33?,36+,37-,38?/m0/s1. The highest BCUT2D eigenvalue weighted by Gasteiger charge is 2.62. The minimum Gasteiger partial charge on any atom is -0.468 e. The molecule has 45 heavy (non-hydrogen) atoms. The third-order valence-electron chi connectivity index (χ3n) is 11.4. The van der Waals surface area contributed by atoms with E-state index in [2.05, 4.69) is 37.9 Å². The zero-order chi connectivity index (χ0) is 31.8. The van der Waals surface area contributed by atoms with E-state index in [9.17, 15) is 9.59 Å². The van der Waals surface area contributed by atoms with Gasteiger partial charge in [-0.3, -0.25) is 10.1 Å². The van der Waals surface area contributed by atoms with Gasteiger partial charge in [0.2, 0.25) is 0 Å². The van der Waals surface area contributed by atoms with Gasteiger partial charge >= 0.3 is 11.9 Å². The minimum atomic E-state index is -0.775. The van der Waals surface area contributed by atoms with Gasteiger partial charge in [-0.05, 0) is 74.3 Å². The van der Waals surface area contributed by atoms with Crippen LogP contribution in [0.5, 0.6) is 0 Å². The van der Waals surface area contributed by atoms with E-state index in [1.807, 2.05) is 61.5 Å². The fourth-order valence-corrected chi connectivity index (χ4v) is 8.91. The van der Waals surface area contributed by atoms with E-state index in [4.69, 9.17) is 18.9 Å². The number of fused-ring (bicyclic) bond motifs is 3. The van der Waals surface area contributed by atoms with Crippen molar-refractivity contribution >= 4 is 11.9 Å². The van der Waals surface area contributed by atoms with E-state index in [0.717, 1.165) is 36.8 Å². The maximum absolute atomic E-state index is 13.1. The molecule has 2 heterocycles. The highest BCUT2D eigenvalue weighted by molar-refractivity contribution is 5.92. The topological polar surface area (TPSA) is 83.1 Å². The molecule has 0 amide bonds. The summed E-state index contributed by atoms with van der Waals surface area (Å²) in [7, 11) is 1.41. The van der Waals surface area contributed by atoms with Crippen LogP contribution in [0, 0.1) is 22.7 Å². The Hall–Kier alpha value is -3.26. The molecule has 7 nitrogen and oxygen atoms in total. The molecule has 7 heteroatoms. The molecule has 8 atom stereocenters. The van der Waals surface area contributed by atoms with E-state index >= 15 is 0 Å². The lowest BCUT2D eigenvalue weighted by atomic mass is 9.45. The first-order valence-corrected chi connectivity index (χ1v) is 16.4. The summed E-state index contributed by atoms with van der Waals surface area (Å²) < 4.78 is 24.1. The number of benzene rings is 2. The van der Waals surface area contributed by atoms with Crippen molar-refractivity contribution in [3.05, 3.63) is 95.6 Å².